The number of aliphatic hydroxyl groups excluding tert-OH is 1. The number of benzene rings is 1. The molecule has 0 saturated heterocycles. The van der Waals surface area contributed by atoms with Gasteiger partial charge < -0.3 is 20.1 Å². The lowest BCUT2D eigenvalue weighted by Crippen LogP contribution is -2.57. The Labute approximate surface area is 121 Å². The normalized spacial score (nSPS) is 17.6. The average molecular weight is 278 g/mol. The third-order valence-electron chi connectivity index (χ3n) is 4.18. The highest BCUT2D eigenvalue weighted by atomic mass is 16.5. The molecule has 0 bridgehead atoms. The van der Waals surface area contributed by atoms with Crippen molar-refractivity contribution in [2.75, 3.05) is 38.8 Å². The van der Waals surface area contributed by atoms with Crippen LogP contribution in [0.25, 0.3) is 0 Å². The van der Waals surface area contributed by atoms with Crippen molar-refractivity contribution in [1.82, 2.24) is 5.32 Å². The number of hydrogen-bond donors (Lipinski definition) is 2. The Balaban J connectivity index is 2.12. The van der Waals surface area contributed by atoms with E-state index in [1.54, 1.807) is 7.11 Å². The molecule has 4 nitrogen and oxygen atoms in total. The first-order valence-corrected chi connectivity index (χ1v) is 7.36. The van der Waals surface area contributed by atoms with Crippen molar-refractivity contribution in [2.24, 2.45) is 5.92 Å². The maximum Gasteiger partial charge on any atom is 0.120 e. The van der Waals surface area contributed by atoms with Crippen molar-refractivity contribution in [1.29, 1.82) is 0 Å². The van der Waals surface area contributed by atoms with Crippen LogP contribution in [0, 0.1) is 5.92 Å². The van der Waals surface area contributed by atoms with Gasteiger partial charge in [-0.3, -0.25) is 0 Å². The van der Waals surface area contributed by atoms with Gasteiger partial charge in [-0.05, 0) is 37.4 Å². The number of anilines is 1. The van der Waals surface area contributed by atoms with Crippen molar-refractivity contribution in [3.05, 3.63) is 24.3 Å². The summed E-state index contributed by atoms with van der Waals surface area (Å²) in [6, 6.07) is 8.04. The Kier molecular flexibility index (Phi) is 4.89. The number of hydrogen-bond acceptors (Lipinski definition) is 4. The molecule has 1 aliphatic rings. The summed E-state index contributed by atoms with van der Waals surface area (Å²) in [6.45, 7) is 3.95. The highest BCUT2D eigenvalue weighted by Gasteiger charge is 2.45. The summed E-state index contributed by atoms with van der Waals surface area (Å²) < 4.78 is 5.28. The third-order valence-corrected chi connectivity index (χ3v) is 4.18. The van der Waals surface area contributed by atoms with E-state index in [4.69, 9.17) is 4.74 Å². The van der Waals surface area contributed by atoms with Crippen LogP contribution in [0.2, 0.25) is 0 Å². The number of aliphatic hydroxyl groups is 1. The average Bonchev–Trinajstić information content (AvgIpc) is 3.31. The SMILES string of the molecule is CCNC(CO)(CN(C)c1cccc(OC)c1)C1CC1. The lowest BCUT2D eigenvalue weighted by Gasteiger charge is -2.37. The Hall–Kier alpha value is -1.26. The summed E-state index contributed by atoms with van der Waals surface area (Å²) in [5, 5.41) is 13.4. The lowest BCUT2D eigenvalue weighted by molar-refractivity contribution is 0.146. The van der Waals surface area contributed by atoms with Crippen LogP contribution in [0.15, 0.2) is 24.3 Å². The second kappa shape index (κ2) is 6.46. The zero-order chi connectivity index (χ0) is 14.6. The lowest BCUT2D eigenvalue weighted by atomic mass is 9.93. The Morgan fingerprint density at radius 2 is 2.20 bits per heavy atom. The first kappa shape index (κ1) is 15.1. The van der Waals surface area contributed by atoms with Crippen LogP contribution in [0.3, 0.4) is 0 Å². The Morgan fingerprint density at radius 3 is 2.75 bits per heavy atom. The minimum absolute atomic E-state index is 0.180. The molecule has 1 aliphatic carbocycles. The minimum Gasteiger partial charge on any atom is -0.497 e. The van der Waals surface area contributed by atoms with Crippen molar-refractivity contribution in [2.45, 2.75) is 25.3 Å². The predicted octanol–water partition coefficient (Wildman–Crippen LogP) is 1.88. The van der Waals surface area contributed by atoms with Crippen molar-refractivity contribution >= 4 is 5.69 Å². The van der Waals surface area contributed by atoms with Gasteiger partial charge in [0.25, 0.3) is 0 Å². The molecule has 0 amide bonds. The molecular formula is C16H26N2O2. The van der Waals surface area contributed by atoms with Gasteiger partial charge in [0.05, 0.1) is 19.3 Å². The molecule has 20 heavy (non-hydrogen) atoms. The molecule has 4 heteroatoms. The van der Waals surface area contributed by atoms with Gasteiger partial charge in [0, 0.05) is 25.3 Å². The second-order valence-corrected chi connectivity index (χ2v) is 5.68. The van der Waals surface area contributed by atoms with E-state index < -0.39 is 0 Å². The summed E-state index contributed by atoms with van der Waals surface area (Å²) in [4.78, 5) is 2.19. The van der Waals surface area contributed by atoms with Crippen LogP contribution in [-0.2, 0) is 0 Å². The second-order valence-electron chi connectivity index (χ2n) is 5.68. The number of methoxy groups -OCH3 is 1. The molecule has 1 unspecified atom stereocenters. The van der Waals surface area contributed by atoms with Gasteiger partial charge >= 0.3 is 0 Å². The molecule has 1 fully saturated rings. The van der Waals surface area contributed by atoms with Crippen LogP contribution in [-0.4, -0.2) is 44.5 Å². The molecule has 2 N–H and O–H groups in total. The molecule has 1 aromatic rings. The monoisotopic (exact) mass is 278 g/mol. The van der Waals surface area contributed by atoms with Gasteiger partial charge in [0.1, 0.15) is 5.75 Å². The largest absolute Gasteiger partial charge is 0.497 e. The summed E-state index contributed by atoms with van der Waals surface area (Å²) in [5.74, 6) is 1.44. The molecule has 0 spiro atoms. The first-order chi connectivity index (χ1) is 9.65. The number of rotatable bonds is 8. The van der Waals surface area contributed by atoms with E-state index in [-0.39, 0.29) is 12.1 Å². The van der Waals surface area contributed by atoms with Gasteiger partial charge in [-0.2, -0.15) is 0 Å². The van der Waals surface area contributed by atoms with Gasteiger partial charge in [-0.15, -0.1) is 0 Å². The van der Waals surface area contributed by atoms with Crippen LogP contribution < -0.4 is 15.0 Å². The fraction of sp³-hybridized carbons (Fsp3) is 0.625. The zero-order valence-corrected chi connectivity index (χ0v) is 12.7. The predicted molar refractivity (Wildman–Crippen MR) is 82.5 cm³/mol. The molecule has 0 aliphatic heterocycles. The minimum atomic E-state index is -0.188. The highest BCUT2D eigenvalue weighted by Crippen LogP contribution is 2.40. The number of nitrogens with one attached hydrogen (secondary N) is 1. The fourth-order valence-electron chi connectivity index (χ4n) is 2.91. The zero-order valence-electron chi connectivity index (χ0n) is 12.7. The van der Waals surface area contributed by atoms with E-state index in [2.05, 4.69) is 30.3 Å². The summed E-state index contributed by atoms with van der Waals surface area (Å²) >= 11 is 0. The maximum atomic E-state index is 9.90. The number of nitrogens with zero attached hydrogens (tertiary/aromatic N) is 1. The van der Waals surface area contributed by atoms with E-state index in [1.807, 2.05) is 18.2 Å². The molecule has 0 radical (unpaired) electrons. The quantitative estimate of drug-likeness (QED) is 0.762. The van der Waals surface area contributed by atoms with Crippen LogP contribution in [0.5, 0.6) is 5.75 Å². The topological polar surface area (TPSA) is 44.7 Å². The van der Waals surface area contributed by atoms with Crippen LogP contribution in [0.4, 0.5) is 5.69 Å². The Morgan fingerprint density at radius 1 is 1.45 bits per heavy atom. The Bertz CT molecular complexity index is 434. The molecule has 0 heterocycles. The highest BCUT2D eigenvalue weighted by molar-refractivity contribution is 5.50. The van der Waals surface area contributed by atoms with Crippen LogP contribution >= 0.6 is 0 Å². The van der Waals surface area contributed by atoms with E-state index in [0.717, 1.165) is 24.5 Å². The first-order valence-electron chi connectivity index (χ1n) is 7.36. The van der Waals surface area contributed by atoms with Crippen molar-refractivity contribution in [3.63, 3.8) is 0 Å². The standard InChI is InChI=1S/C16H26N2O2/c1-4-17-16(12-19,13-8-9-13)11-18(2)14-6-5-7-15(10-14)20-3/h5-7,10,13,17,19H,4,8-9,11-12H2,1-3H3. The molecule has 1 aromatic carbocycles. The number of ether oxygens (including phenoxy) is 1. The van der Waals surface area contributed by atoms with E-state index in [0.29, 0.717) is 5.92 Å². The van der Waals surface area contributed by atoms with Gasteiger partial charge in [0.15, 0.2) is 0 Å². The summed E-state index contributed by atoms with van der Waals surface area (Å²) in [5.41, 5.74) is 0.924. The van der Waals surface area contributed by atoms with Crippen molar-refractivity contribution < 1.29 is 9.84 Å². The molecule has 1 saturated carbocycles. The fourth-order valence-corrected chi connectivity index (χ4v) is 2.91. The molecular weight excluding hydrogens is 252 g/mol. The number of likely N-dealkylation sites (N-methyl/N-ethyl adjacent to an activating group) is 2. The van der Waals surface area contributed by atoms with Crippen LogP contribution in [0.1, 0.15) is 19.8 Å². The third kappa shape index (κ3) is 3.25. The molecule has 112 valence electrons. The van der Waals surface area contributed by atoms with E-state index >= 15 is 0 Å². The van der Waals surface area contributed by atoms with Gasteiger partial charge in [-0.25, -0.2) is 0 Å². The molecule has 2 rings (SSSR count). The molecule has 0 aromatic heterocycles. The van der Waals surface area contributed by atoms with E-state index in [9.17, 15) is 5.11 Å². The summed E-state index contributed by atoms with van der Waals surface area (Å²) in [7, 11) is 3.75. The molecule has 1 atom stereocenters. The van der Waals surface area contributed by atoms with E-state index in [1.165, 1.54) is 12.8 Å². The van der Waals surface area contributed by atoms with Crippen molar-refractivity contribution in [3.8, 4) is 5.75 Å². The van der Waals surface area contributed by atoms with Gasteiger partial charge in [-0.1, -0.05) is 13.0 Å². The summed E-state index contributed by atoms with van der Waals surface area (Å²) in [6.07, 6.45) is 2.42. The maximum absolute atomic E-state index is 9.90. The van der Waals surface area contributed by atoms with Gasteiger partial charge in [0.2, 0.25) is 0 Å². The smallest absolute Gasteiger partial charge is 0.120 e.